The van der Waals surface area contributed by atoms with E-state index in [4.69, 9.17) is 5.48 Å². The van der Waals surface area contributed by atoms with E-state index < -0.39 is 16.6 Å². The molecule has 0 radical (unpaired) electrons. The van der Waals surface area contributed by atoms with Crippen LogP contribution in [-0.4, -0.2) is 4.38 Å². The minimum atomic E-state index is -2.33. The molecule has 0 aliphatic carbocycles. The molecule has 0 spiro atoms. The van der Waals surface area contributed by atoms with Crippen molar-refractivity contribution < 1.29 is 9.87 Å². The number of hydrogen-bond donors (Lipinski definition) is 0. The van der Waals surface area contributed by atoms with Crippen LogP contribution < -0.4 is 0 Å². The van der Waals surface area contributed by atoms with Crippen molar-refractivity contribution in [2.45, 2.75) is 6.37 Å². The fraction of sp³-hybridized carbons (Fsp3) is 0.250. The summed E-state index contributed by atoms with van der Waals surface area (Å²) in [4.78, 5) is 0. The molecule has 2 heteroatoms. The average molecular weight is 254 g/mol. The summed E-state index contributed by atoms with van der Waals surface area (Å²) in [5.74, 6) is -0.724. The van der Waals surface area contributed by atoms with Crippen LogP contribution in [0.2, 0.25) is 0 Å². The maximum Gasteiger partial charge on any atom is 0.126 e. The Labute approximate surface area is 79.2 Å². The van der Waals surface area contributed by atoms with Crippen LogP contribution in [0.15, 0.2) is 24.3 Å². The Balaban J connectivity index is 3.23. The first-order valence-electron chi connectivity index (χ1n) is 4.71. The summed E-state index contributed by atoms with van der Waals surface area (Å²) in [6.45, 7) is 0. The summed E-state index contributed by atoms with van der Waals surface area (Å²) in [6.07, 6.45) is -2.33. The lowest BCUT2D eigenvalue weighted by atomic mass is 10.2. The largest absolute Gasteiger partial charge is 0.207 e. The number of benzene rings is 1. The standard InChI is InChI=1S/C8H8FI/c9-8-4-2-1-3-7(8)5-6-10/h1-4H,5-6H2/i5D2,6D2. The highest BCUT2D eigenvalue weighted by molar-refractivity contribution is 14.1. The Morgan fingerprint density at radius 3 is 2.80 bits per heavy atom. The Morgan fingerprint density at radius 2 is 2.20 bits per heavy atom. The Bertz CT molecular complexity index is 334. The number of rotatable bonds is 2. The third-order valence-electron chi connectivity index (χ3n) is 1.06. The van der Waals surface area contributed by atoms with E-state index in [1.165, 1.54) is 40.8 Å². The van der Waals surface area contributed by atoms with E-state index in [2.05, 4.69) is 0 Å². The van der Waals surface area contributed by atoms with Crippen LogP contribution in [0, 0.1) is 5.82 Å². The predicted molar refractivity (Wildman–Crippen MR) is 49.0 cm³/mol. The maximum atomic E-state index is 13.2. The van der Waals surface area contributed by atoms with Gasteiger partial charge in [0.05, 0.1) is 0 Å². The van der Waals surface area contributed by atoms with E-state index in [0.717, 1.165) is 6.07 Å². The molecule has 0 aliphatic rings. The second-order valence-corrected chi connectivity index (χ2v) is 2.24. The van der Waals surface area contributed by atoms with E-state index in [9.17, 15) is 4.39 Å². The van der Waals surface area contributed by atoms with Gasteiger partial charge in [0.15, 0.2) is 0 Å². The molecular formula is C8H8FI. The van der Waals surface area contributed by atoms with Gasteiger partial charge in [-0.3, -0.25) is 0 Å². The van der Waals surface area contributed by atoms with Crippen molar-refractivity contribution in [3.8, 4) is 0 Å². The SMILES string of the molecule is [2H]C([2H])(I)C([2H])([2H])c1ccccc1F. The fourth-order valence-electron chi connectivity index (χ4n) is 0.613. The Kier molecular flexibility index (Phi) is 1.58. The monoisotopic (exact) mass is 254 g/mol. The molecule has 0 bridgehead atoms. The van der Waals surface area contributed by atoms with Crippen molar-refractivity contribution >= 4 is 22.6 Å². The van der Waals surface area contributed by atoms with Crippen LogP contribution in [0.25, 0.3) is 0 Å². The third-order valence-corrected chi connectivity index (χ3v) is 1.33. The van der Waals surface area contributed by atoms with Crippen molar-refractivity contribution in [1.29, 1.82) is 0 Å². The molecule has 0 N–H and O–H groups in total. The summed E-state index contributed by atoms with van der Waals surface area (Å²) in [7, 11) is 0. The lowest BCUT2D eigenvalue weighted by molar-refractivity contribution is 0.613. The molecule has 0 nitrogen and oxygen atoms in total. The van der Waals surface area contributed by atoms with Gasteiger partial charge in [-0.15, -0.1) is 0 Å². The van der Waals surface area contributed by atoms with Crippen molar-refractivity contribution in [1.82, 2.24) is 0 Å². The van der Waals surface area contributed by atoms with E-state index in [0.29, 0.717) is 0 Å². The Hall–Kier alpha value is -0.120. The zero-order valence-corrected chi connectivity index (χ0v) is 7.22. The fourth-order valence-corrected chi connectivity index (χ4v) is 0.904. The maximum absolute atomic E-state index is 13.2. The normalized spacial score (nSPS) is 18.6. The number of alkyl halides is 1. The van der Waals surface area contributed by atoms with Gasteiger partial charge in [0.2, 0.25) is 0 Å². The van der Waals surface area contributed by atoms with Gasteiger partial charge < -0.3 is 0 Å². The molecule has 1 aromatic rings. The minimum Gasteiger partial charge on any atom is -0.207 e. The highest BCUT2D eigenvalue weighted by Gasteiger charge is 1.96. The highest BCUT2D eigenvalue weighted by Crippen LogP contribution is 2.07. The summed E-state index contributed by atoms with van der Waals surface area (Å²) < 4.78 is 40.6. The molecule has 1 aromatic carbocycles. The lowest BCUT2D eigenvalue weighted by Crippen LogP contribution is -1.89. The van der Waals surface area contributed by atoms with E-state index in [-0.39, 0.29) is 5.56 Å². The van der Waals surface area contributed by atoms with Crippen LogP contribution in [0.5, 0.6) is 0 Å². The van der Waals surface area contributed by atoms with Gasteiger partial charge in [-0.25, -0.2) is 4.39 Å². The van der Waals surface area contributed by atoms with Gasteiger partial charge in [-0.2, -0.15) is 0 Å². The molecule has 0 amide bonds. The number of aryl methyl sites for hydroxylation is 1. The first-order chi connectivity index (χ1) is 6.27. The second kappa shape index (κ2) is 3.91. The van der Waals surface area contributed by atoms with Crippen LogP contribution in [0.4, 0.5) is 4.39 Å². The van der Waals surface area contributed by atoms with Crippen LogP contribution in [0.3, 0.4) is 0 Å². The van der Waals surface area contributed by atoms with E-state index >= 15 is 0 Å². The average Bonchev–Trinajstić information content (AvgIpc) is 2.02. The molecular weight excluding hydrogens is 242 g/mol. The molecule has 0 saturated heterocycles. The van der Waals surface area contributed by atoms with Gasteiger partial charge in [0, 0.05) is 9.86 Å². The summed E-state index contributed by atoms with van der Waals surface area (Å²) >= 11 is 1.33. The van der Waals surface area contributed by atoms with Crippen LogP contribution in [-0.2, 0) is 6.37 Å². The molecule has 10 heavy (non-hydrogen) atoms. The van der Waals surface area contributed by atoms with Crippen LogP contribution >= 0.6 is 22.6 Å². The third kappa shape index (κ3) is 1.94. The smallest absolute Gasteiger partial charge is 0.126 e. The van der Waals surface area contributed by atoms with Gasteiger partial charge in [0.1, 0.15) is 5.82 Å². The van der Waals surface area contributed by atoms with Crippen molar-refractivity contribution in [3.63, 3.8) is 0 Å². The number of halogens is 2. The van der Waals surface area contributed by atoms with Crippen molar-refractivity contribution in [3.05, 3.63) is 35.6 Å². The molecule has 54 valence electrons. The molecule has 0 fully saturated rings. The summed E-state index contributed by atoms with van der Waals surface area (Å²) in [5, 5.41) is 0. The molecule has 0 aliphatic heterocycles. The summed E-state index contributed by atoms with van der Waals surface area (Å²) in [5.41, 5.74) is -0.251. The predicted octanol–water partition coefficient (Wildman–Crippen LogP) is 2.80. The van der Waals surface area contributed by atoms with Gasteiger partial charge in [-0.1, -0.05) is 40.8 Å². The molecule has 0 heterocycles. The minimum absolute atomic E-state index is 0.251. The van der Waals surface area contributed by atoms with Crippen molar-refractivity contribution in [2.24, 2.45) is 0 Å². The molecule has 0 aromatic heterocycles. The topological polar surface area (TPSA) is 0 Å². The molecule has 0 unspecified atom stereocenters. The quantitative estimate of drug-likeness (QED) is 0.562. The van der Waals surface area contributed by atoms with Gasteiger partial charge in [0.25, 0.3) is 0 Å². The van der Waals surface area contributed by atoms with Gasteiger partial charge >= 0.3 is 0 Å². The van der Waals surface area contributed by atoms with Crippen molar-refractivity contribution in [2.75, 3.05) is 4.38 Å². The zero-order chi connectivity index (χ0) is 11.0. The van der Waals surface area contributed by atoms with E-state index in [1.54, 1.807) is 0 Å². The van der Waals surface area contributed by atoms with Gasteiger partial charge in [-0.05, 0) is 18.0 Å². The first kappa shape index (κ1) is 4.04. The van der Waals surface area contributed by atoms with Crippen LogP contribution in [0.1, 0.15) is 11.0 Å². The molecule has 1 rings (SSSR count). The Morgan fingerprint density at radius 1 is 1.50 bits per heavy atom. The molecule has 0 saturated carbocycles. The molecule has 0 atom stereocenters. The van der Waals surface area contributed by atoms with E-state index in [1.807, 2.05) is 0 Å². The zero-order valence-electron chi connectivity index (χ0n) is 9.07. The first-order valence-corrected chi connectivity index (χ1v) is 3.78. The second-order valence-electron chi connectivity index (χ2n) is 1.70. The number of hydrogen-bond acceptors (Lipinski definition) is 0. The lowest BCUT2D eigenvalue weighted by Gasteiger charge is -1.97. The summed E-state index contributed by atoms with van der Waals surface area (Å²) in [6, 6.07) is 5.30. The highest BCUT2D eigenvalue weighted by atomic mass is 127.